The third kappa shape index (κ3) is 4.23. The van der Waals surface area contributed by atoms with Crippen LogP contribution in [0.1, 0.15) is 23.7 Å². The van der Waals surface area contributed by atoms with Crippen molar-refractivity contribution >= 4 is 11.6 Å². The highest BCUT2D eigenvalue weighted by atomic mass is 19.1. The monoisotopic (exact) mass is 288 g/mol. The zero-order chi connectivity index (χ0) is 15.1. The molecule has 0 saturated carbocycles. The number of nitro benzene ring substituents is 1. The zero-order valence-corrected chi connectivity index (χ0v) is 10.8. The maximum absolute atomic E-state index is 13.5. The molecule has 0 unspecified atom stereocenters. The Morgan fingerprint density at radius 2 is 2.10 bits per heavy atom. The number of halogens is 2. The number of benzene rings is 1. The van der Waals surface area contributed by atoms with Crippen molar-refractivity contribution in [2.75, 3.05) is 19.8 Å². The first-order valence-corrected chi connectivity index (χ1v) is 5.96. The van der Waals surface area contributed by atoms with E-state index in [1.54, 1.807) is 0 Å². The van der Waals surface area contributed by atoms with Crippen LogP contribution in [0.5, 0.6) is 0 Å². The van der Waals surface area contributed by atoms with Gasteiger partial charge in [0.25, 0.3) is 5.91 Å². The molecule has 0 radical (unpaired) electrons. The van der Waals surface area contributed by atoms with Gasteiger partial charge in [-0.1, -0.05) is 0 Å². The number of carbonyl (C=O) groups excluding carboxylic acids is 1. The van der Waals surface area contributed by atoms with Crippen LogP contribution in [-0.4, -0.2) is 30.6 Å². The fourth-order valence-corrected chi connectivity index (χ4v) is 1.47. The predicted molar refractivity (Wildman–Crippen MR) is 66.5 cm³/mol. The highest BCUT2D eigenvalue weighted by Gasteiger charge is 2.21. The lowest BCUT2D eigenvalue weighted by atomic mass is 10.1. The molecule has 0 atom stereocenters. The lowest BCUT2D eigenvalue weighted by Crippen LogP contribution is -2.26. The van der Waals surface area contributed by atoms with Crippen LogP contribution in [0.4, 0.5) is 14.5 Å². The fraction of sp³-hybridized carbons (Fsp3) is 0.417. The van der Waals surface area contributed by atoms with Crippen LogP contribution >= 0.6 is 0 Å². The zero-order valence-electron chi connectivity index (χ0n) is 10.8. The molecule has 0 aliphatic heterocycles. The highest BCUT2D eigenvalue weighted by Crippen LogP contribution is 2.21. The van der Waals surface area contributed by atoms with Crippen LogP contribution < -0.4 is 5.32 Å². The van der Waals surface area contributed by atoms with Crippen molar-refractivity contribution in [3.05, 3.63) is 39.4 Å². The minimum Gasteiger partial charge on any atom is -0.382 e. The number of amides is 1. The summed E-state index contributed by atoms with van der Waals surface area (Å²) in [6.07, 6.45) is 0.524. The Labute approximate surface area is 113 Å². The van der Waals surface area contributed by atoms with Crippen LogP contribution in [0.3, 0.4) is 0 Å². The molecule has 0 spiro atoms. The van der Waals surface area contributed by atoms with E-state index in [0.717, 1.165) is 0 Å². The first-order valence-electron chi connectivity index (χ1n) is 5.96. The second kappa shape index (κ2) is 7.49. The van der Waals surface area contributed by atoms with Gasteiger partial charge in [0.05, 0.1) is 16.6 Å². The smallest absolute Gasteiger partial charge is 0.307 e. The van der Waals surface area contributed by atoms with Gasteiger partial charge >= 0.3 is 5.69 Å². The summed E-state index contributed by atoms with van der Waals surface area (Å²) in [5.74, 6) is -3.22. The second-order valence-corrected chi connectivity index (χ2v) is 3.85. The highest BCUT2D eigenvalue weighted by molar-refractivity contribution is 5.94. The SMILES string of the molecule is CCOCCCNC(=O)c1cc(F)c([N+](=O)[O-])cc1F. The van der Waals surface area contributed by atoms with E-state index < -0.39 is 33.7 Å². The van der Waals surface area contributed by atoms with Gasteiger partial charge in [-0.05, 0) is 19.4 Å². The van der Waals surface area contributed by atoms with Gasteiger partial charge in [0.2, 0.25) is 5.82 Å². The molecule has 0 heterocycles. The summed E-state index contributed by atoms with van der Waals surface area (Å²) < 4.78 is 31.9. The van der Waals surface area contributed by atoms with Crippen LogP contribution in [0.2, 0.25) is 0 Å². The quantitative estimate of drug-likeness (QED) is 0.473. The average molecular weight is 288 g/mol. The largest absolute Gasteiger partial charge is 0.382 e. The molecule has 0 aliphatic carbocycles. The Hall–Kier alpha value is -2.09. The van der Waals surface area contributed by atoms with Gasteiger partial charge in [0.1, 0.15) is 5.82 Å². The van der Waals surface area contributed by atoms with Gasteiger partial charge in [-0.15, -0.1) is 0 Å². The molecule has 8 heteroatoms. The number of nitro groups is 1. The molecule has 1 rings (SSSR count). The first-order chi connectivity index (χ1) is 9.47. The minimum absolute atomic E-state index is 0.233. The van der Waals surface area contributed by atoms with Gasteiger partial charge in [-0.25, -0.2) is 4.39 Å². The molecule has 1 aromatic rings. The van der Waals surface area contributed by atoms with Crippen LogP contribution in [0, 0.1) is 21.7 Å². The molecule has 0 saturated heterocycles. The second-order valence-electron chi connectivity index (χ2n) is 3.85. The van der Waals surface area contributed by atoms with E-state index in [1.807, 2.05) is 6.92 Å². The lowest BCUT2D eigenvalue weighted by molar-refractivity contribution is -0.387. The fourth-order valence-electron chi connectivity index (χ4n) is 1.47. The molecule has 20 heavy (non-hydrogen) atoms. The molecule has 0 aliphatic rings. The summed E-state index contributed by atoms with van der Waals surface area (Å²) in [6.45, 7) is 3.05. The van der Waals surface area contributed by atoms with Crippen molar-refractivity contribution in [3.63, 3.8) is 0 Å². The Bertz CT molecular complexity index is 508. The summed E-state index contributed by atoms with van der Waals surface area (Å²) in [7, 11) is 0. The van der Waals surface area contributed by atoms with E-state index in [0.29, 0.717) is 31.8 Å². The Balaban J connectivity index is 2.69. The van der Waals surface area contributed by atoms with Crippen molar-refractivity contribution in [1.82, 2.24) is 5.32 Å². The molecule has 1 N–H and O–H groups in total. The number of hydrogen-bond acceptors (Lipinski definition) is 4. The summed E-state index contributed by atoms with van der Waals surface area (Å²) in [5.41, 5.74) is -1.57. The first kappa shape index (κ1) is 16.0. The lowest BCUT2D eigenvalue weighted by Gasteiger charge is -2.06. The Morgan fingerprint density at radius 1 is 1.40 bits per heavy atom. The van der Waals surface area contributed by atoms with E-state index >= 15 is 0 Å². The van der Waals surface area contributed by atoms with E-state index in [-0.39, 0.29) is 6.54 Å². The normalized spacial score (nSPS) is 10.3. The maximum atomic E-state index is 13.5. The Kier molecular flexibility index (Phi) is 5.98. The number of nitrogens with zero attached hydrogens (tertiary/aromatic N) is 1. The number of ether oxygens (including phenoxy) is 1. The number of carbonyl (C=O) groups is 1. The number of rotatable bonds is 7. The van der Waals surface area contributed by atoms with E-state index in [2.05, 4.69) is 5.32 Å². The molecule has 0 aromatic heterocycles. The van der Waals surface area contributed by atoms with Crippen LogP contribution in [-0.2, 0) is 4.74 Å². The third-order valence-corrected chi connectivity index (χ3v) is 2.43. The number of hydrogen-bond donors (Lipinski definition) is 1. The standard InChI is InChI=1S/C12H14F2N2O4/c1-2-20-5-3-4-15-12(17)8-6-10(14)11(16(18)19)7-9(8)13/h6-7H,2-5H2,1H3,(H,15,17). The molecule has 0 fully saturated rings. The minimum atomic E-state index is -1.25. The maximum Gasteiger partial charge on any atom is 0.307 e. The van der Waals surface area contributed by atoms with Crippen molar-refractivity contribution in [2.24, 2.45) is 0 Å². The number of nitrogens with one attached hydrogen (secondary N) is 1. The summed E-state index contributed by atoms with van der Waals surface area (Å²) >= 11 is 0. The Morgan fingerprint density at radius 3 is 2.70 bits per heavy atom. The average Bonchev–Trinajstić information content (AvgIpc) is 2.40. The van der Waals surface area contributed by atoms with Gasteiger partial charge in [0, 0.05) is 19.8 Å². The molecular weight excluding hydrogens is 274 g/mol. The van der Waals surface area contributed by atoms with Crippen LogP contribution in [0.25, 0.3) is 0 Å². The molecule has 1 amide bonds. The molecule has 110 valence electrons. The van der Waals surface area contributed by atoms with Gasteiger partial charge in [-0.2, -0.15) is 4.39 Å². The van der Waals surface area contributed by atoms with Crippen molar-refractivity contribution < 1.29 is 23.2 Å². The summed E-state index contributed by atoms with van der Waals surface area (Å²) in [6, 6.07) is 0.912. The molecule has 6 nitrogen and oxygen atoms in total. The van der Waals surface area contributed by atoms with E-state index in [9.17, 15) is 23.7 Å². The molecular formula is C12H14F2N2O4. The van der Waals surface area contributed by atoms with Gasteiger partial charge < -0.3 is 10.1 Å². The van der Waals surface area contributed by atoms with Crippen molar-refractivity contribution in [1.29, 1.82) is 0 Å². The summed E-state index contributed by atoms with van der Waals surface area (Å²) in [5, 5.41) is 12.8. The molecule has 0 bridgehead atoms. The third-order valence-electron chi connectivity index (χ3n) is 2.43. The topological polar surface area (TPSA) is 81.5 Å². The van der Waals surface area contributed by atoms with Crippen molar-refractivity contribution in [2.45, 2.75) is 13.3 Å². The van der Waals surface area contributed by atoms with E-state index in [1.165, 1.54) is 0 Å². The summed E-state index contributed by atoms with van der Waals surface area (Å²) in [4.78, 5) is 21.0. The van der Waals surface area contributed by atoms with Gasteiger partial charge in [-0.3, -0.25) is 14.9 Å². The predicted octanol–water partition coefficient (Wildman–Crippen LogP) is 2.03. The van der Waals surface area contributed by atoms with E-state index in [4.69, 9.17) is 4.74 Å². The van der Waals surface area contributed by atoms with Gasteiger partial charge in [0.15, 0.2) is 0 Å². The van der Waals surface area contributed by atoms with Crippen molar-refractivity contribution in [3.8, 4) is 0 Å². The molecule has 1 aromatic carbocycles. The van der Waals surface area contributed by atoms with Crippen LogP contribution in [0.15, 0.2) is 12.1 Å².